The molecule has 3 heteroatoms. The maximum absolute atomic E-state index is 3.74. The van der Waals surface area contributed by atoms with Gasteiger partial charge in [0, 0.05) is 24.9 Å². The fourth-order valence-corrected chi connectivity index (χ4v) is 3.60. The molecular weight excluding hydrogens is 216 g/mol. The third kappa shape index (κ3) is 4.27. The van der Waals surface area contributed by atoms with Gasteiger partial charge in [-0.05, 0) is 50.4 Å². The van der Waals surface area contributed by atoms with E-state index >= 15 is 0 Å². The number of piperidine rings is 1. The van der Waals surface area contributed by atoms with Gasteiger partial charge >= 0.3 is 0 Å². The van der Waals surface area contributed by atoms with E-state index in [4.69, 9.17) is 0 Å². The van der Waals surface area contributed by atoms with Gasteiger partial charge in [-0.1, -0.05) is 6.92 Å². The number of hydrogen-bond donors (Lipinski definition) is 1. The standard InChI is InChI=1S/C13H26N2S/c1-11-9-15(2)7-5-13(11)14-6-8-16-10-12-3-4-12/h11-14H,3-10H2,1-2H3. The summed E-state index contributed by atoms with van der Waals surface area (Å²) in [6.07, 6.45) is 4.31. The molecule has 2 unspecified atom stereocenters. The highest BCUT2D eigenvalue weighted by Gasteiger charge is 2.23. The Morgan fingerprint density at radius 3 is 2.81 bits per heavy atom. The van der Waals surface area contributed by atoms with Crippen LogP contribution in [0.1, 0.15) is 26.2 Å². The quantitative estimate of drug-likeness (QED) is 0.718. The van der Waals surface area contributed by atoms with Crippen LogP contribution >= 0.6 is 11.8 Å². The first-order chi connectivity index (χ1) is 7.75. The summed E-state index contributed by atoms with van der Waals surface area (Å²) in [6, 6.07) is 0.762. The van der Waals surface area contributed by atoms with Crippen LogP contribution in [-0.4, -0.2) is 49.1 Å². The van der Waals surface area contributed by atoms with E-state index in [0.29, 0.717) is 0 Å². The minimum atomic E-state index is 0.762. The number of rotatable bonds is 6. The number of nitrogens with zero attached hydrogens (tertiary/aromatic N) is 1. The van der Waals surface area contributed by atoms with Crippen molar-refractivity contribution in [3.8, 4) is 0 Å². The smallest absolute Gasteiger partial charge is 0.0117 e. The zero-order valence-corrected chi connectivity index (χ0v) is 11.6. The van der Waals surface area contributed by atoms with Crippen molar-refractivity contribution in [1.82, 2.24) is 10.2 Å². The van der Waals surface area contributed by atoms with E-state index in [0.717, 1.165) is 17.9 Å². The van der Waals surface area contributed by atoms with E-state index in [9.17, 15) is 0 Å². The highest BCUT2D eigenvalue weighted by Crippen LogP contribution is 2.32. The van der Waals surface area contributed by atoms with Crippen LogP contribution in [0.25, 0.3) is 0 Å². The summed E-state index contributed by atoms with van der Waals surface area (Å²) >= 11 is 2.14. The Kier molecular flexibility index (Phi) is 4.98. The molecule has 1 aliphatic heterocycles. The molecule has 0 radical (unpaired) electrons. The van der Waals surface area contributed by atoms with Crippen LogP contribution in [-0.2, 0) is 0 Å². The molecule has 94 valence electrons. The first-order valence-electron chi connectivity index (χ1n) is 6.75. The molecule has 2 aliphatic rings. The van der Waals surface area contributed by atoms with E-state index in [1.165, 1.54) is 50.4 Å². The van der Waals surface area contributed by atoms with Crippen molar-refractivity contribution < 1.29 is 0 Å². The van der Waals surface area contributed by atoms with Crippen molar-refractivity contribution in [3.63, 3.8) is 0 Å². The molecule has 0 bridgehead atoms. The Bertz CT molecular complexity index is 206. The van der Waals surface area contributed by atoms with Gasteiger partial charge in [-0.2, -0.15) is 11.8 Å². The maximum Gasteiger partial charge on any atom is 0.0117 e. The molecule has 16 heavy (non-hydrogen) atoms. The zero-order valence-electron chi connectivity index (χ0n) is 10.7. The topological polar surface area (TPSA) is 15.3 Å². The summed E-state index contributed by atoms with van der Waals surface area (Å²) < 4.78 is 0. The monoisotopic (exact) mass is 242 g/mol. The normalized spacial score (nSPS) is 31.9. The summed E-state index contributed by atoms with van der Waals surface area (Å²) in [4.78, 5) is 2.45. The number of hydrogen-bond acceptors (Lipinski definition) is 3. The summed E-state index contributed by atoms with van der Waals surface area (Å²) in [6.45, 7) is 6.10. The van der Waals surface area contributed by atoms with E-state index < -0.39 is 0 Å². The molecule has 1 heterocycles. The Hall–Kier alpha value is 0.270. The van der Waals surface area contributed by atoms with E-state index in [1.807, 2.05) is 0 Å². The average molecular weight is 242 g/mol. The Morgan fingerprint density at radius 2 is 2.12 bits per heavy atom. The van der Waals surface area contributed by atoms with Gasteiger partial charge in [0.25, 0.3) is 0 Å². The van der Waals surface area contributed by atoms with Crippen LogP contribution < -0.4 is 5.32 Å². The summed E-state index contributed by atoms with van der Waals surface area (Å²) in [5, 5.41) is 3.74. The highest BCUT2D eigenvalue weighted by atomic mass is 32.2. The first-order valence-corrected chi connectivity index (χ1v) is 7.91. The largest absolute Gasteiger partial charge is 0.313 e. The third-order valence-corrected chi connectivity index (χ3v) is 5.01. The van der Waals surface area contributed by atoms with Gasteiger partial charge in [-0.25, -0.2) is 0 Å². The molecule has 2 rings (SSSR count). The molecule has 0 aromatic heterocycles. The minimum absolute atomic E-state index is 0.762. The van der Waals surface area contributed by atoms with Gasteiger partial charge in [0.1, 0.15) is 0 Å². The second-order valence-corrected chi connectivity index (χ2v) is 6.76. The molecule has 0 amide bonds. The van der Waals surface area contributed by atoms with Crippen LogP contribution in [0, 0.1) is 11.8 Å². The number of likely N-dealkylation sites (tertiary alicyclic amines) is 1. The number of nitrogens with one attached hydrogen (secondary N) is 1. The van der Waals surface area contributed by atoms with Crippen LogP contribution in [0.2, 0.25) is 0 Å². The summed E-state index contributed by atoms with van der Waals surface area (Å²) in [7, 11) is 2.23. The van der Waals surface area contributed by atoms with Crippen LogP contribution in [0.4, 0.5) is 0 Å². The molecule has 1 saturated carbocycles. The zero-order chi connectivity index (χ0) is 11.4. The average Bonchev–Trinajstić information content (AvgIpc) is 3.04. The first kappa shape index (κ1) is 12.7. The van der Waals surface area contributed by atoms with Crippen molar-refractivity contribution in [2.45, 2.75) is 32.2 Å². The molecule has 0 spiro atoms. The molecule has 2 atom stereocenters. The van der Waals surface area contributed by atoms with Crippen LogP contribution in [0.15, 0.2) is 0 Å². The second kappa shape index (κ2) is 6.27. The van der Waals surface area contributed by atoms with E-state index in [2.05, 4.69) is 35.9 Å². The van der Waals surface area contributed by atoms with Crippen molar-refractivity contribution >= 4 is 11.8 Å². The second-order valence-electron chi connectivity index (χ2n) is 5.61. The fraction of sp³-hybridized carbons (Fsp3) is 1.00. The van der Waals surface area contributed by atoms with Crippen molar-refractivity contribution in [3.05, 3.63) is 0 Å². The predicted molar refractivity (Wildman–Crippen MR) is 73.1 cm³/mol. The Balaban J connectivity index is 1.51. The lowest BCUT2D eigenvalue weighted by Crippen LogP contribution is -2.47. The lowest BCUT2D eigenvalue weighted by atomic mass is 9.94. The Labute approximate surface area is 105 Å². The lowest BCUT2D eigenvalue weighted by Gasteiger charge is -2.35. The molecule has 2 nitrogen and oxygen atoms in total. The van der Waals surface area contributed by atoms with Gasteiger partial charge in [0.15, 0.2) is 0 Å². The van der Waals surface area contributed by atoms with Gasteiger partial charge in [-0.3, -0.25) is 0 Å². The number of thioether (sulfide) groups is 1. The molecule has 1 N–H and O–H groups in total. The van der Waals surface area contributed by atoms with Crippen molar-refractivity contribution in [1.29, 1.82) is 0 Å². The predicted octanol–water partition coefficient (Wildman–Crippen LogP) is 2.06. The van der Waals surface area contributed by atoms with Crippen LogP contribution in [0.5, 0.6) is 0 Å². The van der Waals surface area contributed by atoms with Crippen LogP contribution in [0.3, 0.4) is 0 Å². The van der Waals surface area contributed by atoms with Crippen molar-refractivity contribution in [2.24, 2.45) is 11.8 Å². The molecule has 1 aliphatic carbocycles. The van der Waals surface area contributed by atoms with Gasteiger partial charge < -0.3 is 10.2 Å². The van der Waals surface area contributed by atoms with Gasteiger partial charge in [0.05, 0.1) is 0 Å². The Morgan fingerprint density at radius 1 is 1.31 bits per heavy atom. The van der Waals surface area contributed by atoms with E-state index in [-0.39, 0.29) is 0 Å². The molecule has 1 saturated heterocycles. The maximum atomic E-state index is 3.74. The van der Waals surface area contributed by atoms with Gasteiger partial charge in [-0.15, -0.1) is 0 Å². The molecule has 2 fully saturated rings. The molecule has 0 aromatic rings. The van der Waals surface area contributed by atoms with E-state index in [1.54, 1.807) is 0 Å². The van der Waals surface area contributed by atoms with Gasteiger partial charge in [0.2, 0.25) is 0 Å². The highest BCUT2D eigenvalue weighted by molar-refractivity contribution is 7.99. The van der Waals surface area contributed by atoms with Crippen molar-refractivity contribution in [2.75, 3.05) is 38.2 Å². The summed E-state index contributed by atoms with van der Waals surface area (Å²) in [5.74, 6) is 4.60. The fourth-order valence-electron chi connectivity index (χ4n) is 2.51. The molecule has 0 aromatic carbocycles. The molecular formula is C13H26N2S. The lowest BCUT2D eigenvalue weighted by molar-refractivity contribution is 0.177. The SMILES string of the molecule is CC1CN(C)CCC1NCCSCC1CC1. The minimum Gasteiger partial charge on any atom is -0.313 e. The summed E-state index contributed by atoms with van der Waals surface area (Å²) in [5.41, 5.74) is 0. The third-order valence-electron chi connectivity index (χ3n) is 3.81.